The van der Waals surface area contributed by atoms with Crippen LogP contribution in [0.1, 0.15) is 51.8 Å². The molecule has 0 saturated carbocycles. The number of carbonyl (C=O) groups is 2. The molecule has 0 spiro atoms. The van der Waals surface area contributed by atoms with Crippen LogP contribution < -0.4 is 15.4 Å². The number of benzene rings is 1. The van der Waals surface area contributed by atoms with Crippen molar-refractivity contribution >= 4 is 17.5 Å². The molecule has 0 radical (unpaired) electrons. The highest BCUT2D eigenvalue weighted by molar-refractivity contribution is 6.03. The zero-order valence-electron chi connectivity index (χ0n) is 19.2. The van der Waals surface area contributed by atoms with Crippen LogP contribution >= 0.6 is 0 Å². The van der Waals surface area contributed by atoms with Gasteiger partial charge in [-0.25, -0.2) is 13.8 Å². The van der Waals surface area contributed by atoms with Crippen LogP contribution in [-0.4, -0.2) is 48.1 Å². The molecule has 2 aromatic rings. The van der Waals surface area contributed by atoms with E-state index in [2.05, 4.69) is 20.2 Å². The van der Waals surface area contributed by atoms with E-state index in [9.17, 15) is 44.7 Å². The van der Waals surface area contributed by atoms with Gasteiger partial charge in [-0.3, -0.25) is 9.59 Å². The summed E-state index contributed by atoms with van der Waals surface area (Å²) in [7, 11) is 0. The third-order valence-electron chi connectivity index (χ3n) is 4.99. The number of aryl methyl sites for hydroxylation is 1. The van der Waals surface area contributed by atoms with Crippen molar-refractivity contribution in [1.29, 1.82) is 0 Å². The number of nitrogens with zero attached hydrogens (tertiary/aromatic N) is 2. The molecule has 0 bridgehead atoms. The van der Waals surface area contributed by atoms with Crippen molar-refractivity contribution in [2.24, 2.45) is 5.16 Å². The zero-order chi connectivity index (χ0) is 28.3. The lowest BCUT2D eigenvalue weighted by molar-refractivity contribution is -0.274. The van der Waals surface area contributed by atoms with Gasteiger partial charge >= 0.3 is 12.5 Å². The molecule has 1 atom stereocenters. The molecule has 16 heteroatoms. The van der Waals surface area contributed by atoms with Crippen LogP contribution in [0.5, 0.6) is 5.75 Å². The number of ether oxygens (including phenoxy) is 1. The molecule has 8 nitrogen and oxygen atoms in total. The summed E-state index contributed by atoms with van der Waals surface area (Å²) < 4.78 is 104. The summed E-state index contributed by atoms with van der Waals surface area (Å²) >= 11 is 0. The molecule has 1 aliphatic heterocycles. The molecule has 1 aromatic heterocycles. The molecule has 1 aliphatic rings. The Balaban J connectivity index is 1.67. The maximum absolute atomic E-state index is 13.2. The van der Waals surface area contributed by atoms with Gasteiger partial charge in [0, 0.05) is 24.1 Å². The summed E-state index contributed by atoms with van der Waals surface area (Å²) in [5.41, 5.74) is -0.0102. The summed E-state index contributed by atoms with van der Waals surface area (Å²) in [6.45, 7) is -0.702. The Morgan fingerprint density at radius 3 is 2.42 bits per heavy atom. The first kappa shape index (κ1) is 28.6. The van der Waals surface area contributed by atoms with Crippen molar-refractivity contribution in [3.8, 4) is 5.75 Å². The van der Waals surface area contributed by atoms with Crippen molar-refractivity contribution < 1.29 is 54.3 Å². The van der Waals surface area contributed by atoms with E-state index in [1.165, 1.54) is 25.1 Å². The highest BCUT2D eigenvalue weighted by Crippen LogP contribution is 2.34. The number of hydrogen-bond donors (Lipinski definition) is 2. The zero-order valence-corrected chi connectivity index (χ0v) is 19.2. The fourth-order valence-electron chi connectivity index (χ4n) is 3.34. The van der Waals surface area contributed by atoms with E-state index in [1.54, 1.807) is 5.32 Å². The third kappa shape index (κ3) is 8.01. The van der Waals surface area contributed by atoms with Gasteiger partial charge in [-0.2, -0.15) is 13.2 Å². The number of amides is 2. The van der Waals surface area contributed by atoms with Crippen LogP contribution in [-0.2, 0) is 9.63 Å². The minimum atomic E-state index is -5.12. The summed E-state index contributed by atoms with van der Waals surface area (Å²) in [6, 6.07) is 5.58. The number of aromatic nitrogens is 1. The lowest BCUT2D eigenvalue weighted by atomic mass is 9.98. The predicted octanol–water partition coefficient (Wildman–Crippen LogP) is 4.50. The molecule has 206 valence electrons. The standard InChI is InChI=1S/C22H18F8N4O4/c1-10-4-11(2-3-13(10)20(36)31-8-18(35)32-9-21(25,26)27)14-7-17(38-34-14)15-5-12(37-22(28,29)30)6-16(33-15)19(23)24/h2-6,17,19H,7-9H2,1H3,(H,31,36)(H,32,35). The van der Waals surface area contributed by atoms with Crippen molar-refractivity contribution in [2.45, 2.75) is 38.4 Å². The summed E-state index contributed by atoms with van der Waals surface area (Å²) in [5, 5.41) is 7.65. The number of halogens is 8. The van der Waals surface area contributed by atoms with Gasteiger partial charge in [-0.1, -0.05) is 11.2 Å². The topological polar surface area (TPSA) is 102 Å². The number of hydrogen-bond acceptors (Lipinski definition) is 6. The first-order valence-corrected chi connectivity index (χ1v) is 10.6. The first-order chi connectivity index (χ1) is 17.6. The predicted molar refractivity (Wildman–Crippen MR) is 113 cm³/mol. The normalized spacial score (nSPS) is 15.6. The summed E-state index contributed by atoms with van der Waals surface area (Å²) in [4.78, 5) is 32.6. The van der Waals surface area contributed by atoms with E-state index in [0.29, 0.717) is 17.2 Å². The average molecular weight is 554 g/mol. The van der Waals surface area contributed by atoms with Gasteiger partial charge < -0.3 is 20.2 Å². The number of oxime groups is 1. The molecule has 2 N–H and O–H groups in total. The average Bonchev–Trinajstić information content (AvgIpc) is 3.30. The van der Waals surface area contributed by atoms with E-state index in [0.717, 1.165) is 6.07 Å². The van der Waals surface area contributed by atoms with Crippen LogP contribution in [0.4, 0.5) is 35.1 Å². The largest absolute Gasteiger partial charge is 0.573 e. The monoisotopic (exact) mass is 554 g/mol. The van der Waals surface area contributed by atoms with E-state index >= 15 is 0 Å². The summed E-state index contributed by atoms with van der Waals surface area (Å²) in [6.07, 6.45) is -14.1. The van der Waals surface area contributed by atoms with Crippen molar-refractivity contribution in [1.82, 2.24) is 15.6 Å². The Hall–Kier alpha value is -3.98. The van der Waals surface area contributed by atoms with Gasteiger partial charge in [0.2, 0.25) is 5.91 Å². The molecule has 2 amide bonds. The van der Waals surface area contributed by atoms with E-state index < -0.39 is 61.4 Å². The van der Waals surface area contributed by atoms with Gasteiger partial charge in [0.15, 0.2) is 6.10 Å². The number of carbonyl (C=O) groups excluding carboxylic acids is 2. The smallest absolute Gasteiger partial charge is 0.406 e. The lowest BCUT2D eigenvalue weighted by Crippen LogP contribution is -2.41. The molecular formula is C22H18F8N4O4. The van der Waals surface area contributed by atoms with Crippen LogP contribution in [0.2, 0.25) is 0 Å². The van der Waals surface area contributed by atoms with Crippen molar-refractivity contribution in [2.75, 3.05) is 13.1 Å². The highest BCUT2D eigenvalue weighted by atomic mass is 19.4. The van der Waals surface area contributed by atoms with Crippen molar-refractivity contribution in [3.63, 3.8) is 0 Å². The van der Waals surface area contributed by atoms with Crippen LogP contribution in [0, 0.1) is 6.92 Å². The number of nitrogens with one attached hydrogen (secondary N) is 2. The molecule has 0 aliphatic carbocycles. The Labute approximate surface area is 209 Å². The molecule has 2 heterocycles. The number of alkyl halides is 8. The Bertz CT molecular complexity index is 1230. The third-order valence-corrected chi connectivity index (χ3v) is 4.99. The Kier molecular flexibility index (Phi) is 8.41. The molecule has 3 rings (SSSR count). The highest BCUT2D eigenvalue weighted by Gasteiger charge is 2.33. The van der Waals surface area contributed by atoms with E-state index in [-0.39, 0.29) is 23.4 Å². The van der Waals surface area contributed by atoms with Crippen LogP contribution in [0.25, 0.3) is 0 Å². The second-order valence-corrected chi connectivity index (χ2v) is 7.94. The molecule has 0 saturated heterocycles. The number of rotatable bonds is 8. The minimum Gasteiger partial charge on any atom is -0.406 e. The SMILES string of the molecule is Cc1cc(C2=NOC(c3cc(OC(F)(F)F)cc(C(F)F)n3)C2)ccc1C(=O)NCC(=O)NCC(F)(F)F. The van der Waals surface area contributed by atoms with Gasteiger partial charge in [0.05, 0.1) is 18.0 Å². The van der Waals surface area contributed by atoms with Crippen molar-refractivity contribution in [3.05, 3.63) is 58.4 Å². The van der Waals surface area contributed by atoms with Gasteiger partial charge in [-0.05, 0) is 30.2 Å². The maximum atomic E-state index is 13.2. The van der Waals surface area contributed by atoms with Gasteiger partial charge in [-0.15, -0.1) is 13.2 Å². The molecule has 1 aromatic carbocycles. The lowest BCUT2D eigenvalue weighted by Gasteiger charge is -2.14. The van der Waals surface area contributed by atoms with Crippen LogP contribution in [0.3, 0.4) is 0 Å². The molecule has 1 unspecified atom stereocenters. The van der Waals surface area contributed by atoms with Gasteiger partial charge in [0.1, 0.15) is 18.0 Å². The van der Waals surface area contributed by atoms with Crippen LogP contribution in [0.15, 0.2) is 35.5 Å². The molecule has 0 fully saturated rings. The fourth-order valence-corrected chi connectivity index (χ4v) is 3.34. The van der Waals surface area contributed by atoms with E-state index in [4.69, 9.17) is 4.84 Å². The molecular weight excluding hydrogens is 536 g/mol. The maximum Gasteiger partial charge on any atom is 0.573 e. The Morgan fingerprint density at radius 2 is 1.82 bits per heavy atom. The minimum absolute atomic E-state index is 0.0600. The van der Waals surface area contributed by atoms with E-state index in [1.807, 2.05) is 0 Å². The second-order valence-electron chi connectivity index (χ2n) is 7.94. The summed E-state index contributed by atoms with van der Waals surface area (Å²) in [5.74, 6) is -2.67. The first-order valence-electron chi connectivity index (χ1n) is 10.6. The Morgan fingerprint density at radius 1 is 1.11 bits per heavy atom. The molecule has 38 heavy (non-hydrogen) atoms. The number of pyridine rings is 1. The fraction of sp³-hybridized carbons (Fsp3) is 0.364. The second kappa shape index (κ2) is 11.2. The van der Waals surface area contributed by atoms with Gasteiger partial charge in [0.25, 0.3) is 12.3 Å². The quantitative estimate of drug-likeness (QED) is 0.468.